The zero-order valence-corrected chi connectivity index (χ0v) is 10.0. The van der Waals surface area contributed by atoms with Crippen LogP contribution in [0.15, 0.2) is 0 Å². The maximum atomic E-state index is 6.01. The normalized spacial score (nSPS) is 24.6. The minimum Gasteiger partial charge on any atom is -0.327 e. The highest BCUT2D eigenvalue weighted by molar-refractivity contribution is 4.87. The van der Waals surface area contributed by atoms with Gasteiger partial charge in [0.25, 0.3) is 0 Å². The molecule has 0 amide bonds. The van der Waals surface area contributed by atoms with E-state index in [4.69, 9.17) is 5.73 Å². The number of nitrogens with two attached hydrogens (primary N) is 1. The van der Waals surface area contributed by atoms with E-state index in [0.717, 1.165) is 18.9 Å². The molecule has 1 aliphatic rings. The molecule has 2 rings (SSSR count). The Labute approximate surface area is 95.8 Å². The standard InChI is InChI=1S/C10H20N6/c1-8(11)9-5-3-4-6-16(9)7-10-12-14-15(2)13-10/h8-9H,3-7,11H2,1-2H3. The summed E-state index contributed by atoms with van der Waals surface area (Å²) in [4.78, 5) is 3.88. The number of tetrazole rings is 1. The lowest BCUT2D eigenvalue weighted by Gasteiger charge is -2.37. The SMILES string of the molecule is CC(N)C1CCCCN1Cc1nnn(C)n1. The van der Waals surface area contributed by atoms with E-state index in [1.54, 1.807) is 7.05 Å². The van der Waals surface area contributed by atoms with Gasteiger partial charge in [0.2, 0.25) is 0 Å². The molecule has 1 aliphatic heterocycles. The fraction of sp³-hybridized carbons (Fsp3) is 0.900. The zero-order valence-electron chi connectivity index (χ0n) is 10.0. The summed E-state index contributed by atoms with van der Waals surface area (Å²) in [5, 5.41) is 12.1. The number of likely N-dealkylation sites (tertiary alicyclic amines) is 1. The second kappa shape index (κ2) is 4.88. The number of nitrogens with zero attached hydrogens (tertiary/aromatic N) is 5. The molecule has 6 heteroatoms. The molecule has 1 fully saturated rings. The number of rotatable bonds is 3. The first-order valence-corrected chi connectivity index (χ1v) is 5.89. The smallest absolute Gasteiger partial charge is 0.188 e. The molecule has 1 aromatic rings. The van der Waals surface area contributed by atoms with Crippen LogP contribution < -0.4 is 5.73 Å². The first kappa shape index (κ1) is 11.5. The van der Waals surface area contributed by atoms with Crippen LogP contribution in [0.5, 0.6) is 0 Å². The molecule has 2 unspecified atom stereocenters. The highest BCUT2D eigenvalue weighted by Crippen LogP contribution is 2.20. The molecule has 90 valence electrons. The molecule has 0 saturated carbocycles. The minimum atomic E-state index is 0.206. The number of hydrogen-bond acceptors (Lipinski definition) is 5. The van der Waals surface area contributed by atoms with Crippen molar-refractivity contribution in [3.63, 3.8) is 0 Å². The largest absolute Gasteiger partial charge is 0.327 e. The molecule has 1 aromatic heterocycles. The van der Waals surface area contributed by atoms with Gasteiger partial charge in [-0.1, -0.05) is 6.42 Å². The summed E-state index contributed by atoms with van der Waals surface area (Å²) in [5.74, 6) is 0.787. The van der Waals surface area contributed by atoms with E-state index >= 15 is 0 Å². The van der Waals surface area contributed by atoms with Crippen molar-refractivity contribution in [2.24, 2.45) is 12.8 Å². The van der Waals surface area contributed by atoms with Gasteiger partial charge < -0.3 is 5.73 Å². The van der Waals surface area contributed by atoms with E-state index in [2.05, 4.69) is 27.2 Å². The van der Waals surface area contributed by atoms with Gasteiger partial charge in [-0.2, -0.15) is 4.80 Å². The summed E-state index contributed by atoms with van der Waals surface area (Å²) >= 11 is 0. The molecule has 2 atom stereocenters. The van der Waals surface area contributed by atoms with E-state index in [1.165, 1.54) is 24.1 Å². The predicted molar refractivity (Wildman–Crippen MR) is 60.5 cm³/mol. The summed E-state index contributed by atoms with van der Waals surface area (Å²) in [6, 6.07) is 0.662. The fourth-order valence-electron chi connectivity index (χ4n) is 2.38. The zero-order chi connectivity index (χ0) is 11.5. The third-order valence-electron chi connectivity index (χ3n) is 3.17. The summed E-state index contributed by atoms with van der Waals surface area (Å²) in [6.45, 7) is 3.93. The Kier molecular flexibility index (Phi) is 3.50. The van der Waals surface area contributed by atoms with Crippen LogP contribution in [0.3, 0.4) is 0 Å². The van der Waals surface area contributed by atoms with E-state index in [1.807, 2.05) is 0 Å². The summed E-state index contributed by atoms with van der Waals surface area (Å²) in [6.07, 6.45) is 3.69. The van der Waals surface area contributed by atoms with Crippen molar-refractivity contribution in [2.75, 3.05) is 6.54 Å². The molecule has 0 radical (unpaired) electrons. The molecule has 2 N–H and O–H groups in total. The van der Waals surface area contributed by atoms with E-state index < -0.39 is 0 Å². The lowest BCUT2D eigenvalue weighted by molar-refractivity contribution is 0.119. The Hall–Kier alpha value is -1.01. The van der Waals surface area contributed by atoms with E-state index in [9.17, 15) is 0 Å². The Morgan fingerprint density at radius 2 is 2.31 bits per heavy atom. The van der Waals surface area contributed by atoms with Crippen LogP contribution in [0.4, 0.5) is 0 Å². The van der Waals surface area contributed by atoms with Gasteiger partial charge in [-0.05, 0) is 31.5 Å². The third-order valence-corrected chi connectivity index (χ3v) is 3.17. The molecule has 0 spiro atoms. The molecule has 2 heterocycles. The highest BCUT2D eigenvalue weighted by Gasteiger charge is 2.26. The minimum absolute atomic E-state index is 0.206. The van der Waals surface area contributed by atoms with Crippen molar-refractivity contribution in [2.45, 2.75) is 44.8 Å². The van der Waals surface area contributed by atoms with Crippen LogP contribution in [0.1, 0.15) is 32.0 Å². The lowest BCUT2D eigenvalue weighted by atomic mass is 9.97. The first-order valence-electron chi connectivity index (χ1n) is 5.89. The maximum absolute atomic E-state index is 6.01. The van der Waals surface area contributed by atoms with Gasteiger partial charge in [0.1, 0.15) is 0 Å². The van der Waals surface area contributed by atoms with Gasteiger partial charge in [-0.25, -0.2) is 0 Å². The first-order chi connectivity index (χ1) is 7.66. The molecular formula is C10H20N6. The van der Waals surface area contributed by atoms with Gasteiger partial charge in [0.05, 0.1) is 13.6 Å². The topological polar surface area (TPSA) is 72.9 Å². The summed E-state index contributed by atoms with van der Waals surface area (Å²) < 4.78 is 0. The Balaban J connectivity index is 2.01. The molecule has 0 bridgehead atoms. The average Bonchev–Trinajstić information content (AvgIpc) is 2.64. The molecule has 6 nitrogen and oxygen atoms in total. The molecule has 1 saturated heterocycles. The highest BCUT2D eigenvalue weighted by atomic mass is 15.6. The molecule has 16 heavy (non-hydrogen) atoms. The van der Waals surface area contributed by atoms with Crippen LogP contribution in [0.2, 0.25) is 0 Å². The Bertz CT molecular complexity index is 334. The lowest BCUT2D eigenvalue weighted by Crippen LogP contribution is -2.48. The number of aromatic nitrogens is 4. The summed E-state index contributed by atoms with van der Waals surface area (Å²) in [7, 11) is 1.79. The Morgan fingerprint density at radius 3 is 2.94 bits per heavy atom. The van der Waals surface area contributed by atoms with Crippen molar-refractivity contribution in [1.29, 1.82) is 0 Å². The monoisotopic (exact) mass is 224 g/mol. The quantitative estimate of drug-likeness (QED) is 0.777. The number of piperidine rings is 1. The molecular weight excluding hydrogens is 204 g/mol. The van der Waals surface area contributed by atoms with Gasteiger partial charge >= 0.3 is 0 Å². The fourth-order valence-corrected chi connectivity index (χ4v) is 2.38. The van der Waals surface area contributed by atoms with Crippen LogP contribution in [-0.4, -0.2) is 43.7 Å². The number of aryl methyl sites for hydroxylation is 1. The second-order valence-electron chi connectivity index (χ2n) is 4.59. The molecule has 0 aromatic carbocycles. The van der Waals surface area contributed by atoms with Crippen LogP contribution in [0.25, 0.3) is 0 Å². The predicted octanol–water partition coefficient (Wildman–Crippen LogP) is -0.0882. The van der Waals surface area contributed by atoms with Crippen LogP contribution in [-0.2, 0) is 13.6 Å². The second-order valence-corrected chi connectivity index (χ2v) is 4.59. The van der Waals surface area contributed by atoms with E-state index in [0.29, 0.717) is 6.04 Å². The van der Waals surface area contributed by atoms with Crippen LogP contribution in [0, 0.1) is 0 Å². The van der Waals surface area contributed by atoms with Gasteiger partial charge in [0, 0.05) is 12.1 Å². The van der Waals surface area contributed by atoms with Crippen LogP contribution >= 0.6 is 0 Å². The van der Waals surface area contributed by atoms with Gasteiger partial charge in [-0.15, -0.1) is 10.2 Å². The average molecular weight is 224 g/mol. The third kappa shape index (κ3) is 2.56. The van der Waals surface area contributed by atoms with Crippen molar-refractivity contribution in [3.8, 4) is 0 Å². The van der Waals surface area contributed by atoms with Crippen molar-refractivity contribution >= 4 is 0 Å². The van der Waals surface area contributed by atoms with Crippen molar-refractivity contribution in [3.05, 3.63) is 5.82 Å². The molecule has 0 aliphatic carbocycles. The summed E-state index contributed by atoms with van der Waals surface area (Å²) in [5.41, 5.74) is 6.01. The van der Waals surface area contributed by atoms with Crippen molar-refractivity contribution < 1.29 is 0 Å². The number of hydrogen-bond donors (Lipinski definition) is 1. The van der Waals surface area contributed by atoms with Crippen molar-refractivity contribution in [1.82, 2.24) is 25.1 Å². The Morgan fingerprint density at radius 1 is 1.50 bits per heavy atom. The maximum Gasteiger partial charge on any atom is 0.188 e. The van der Waals surface area contributed by atoms with Gasteiger partial charge in [-0.3, -0.25) is 4.90 Å². The van der Waals surface area contributed by atoms with Gasteiger partial charge in [0.15, 0.2) is 5.82 Å². The van der Waals surface area contributed by atoms with E-state index in [-0.39, 0.29) is 6.04 Å².